The first kappa shape index (κ1) is 7.44. The molecule has 0 saturated heterocycles. The quantitative estimate of drug-likeness (QED) is 0.571. The third kappa shape index (κ3) is 6.44. The summed E-state index contributed by atoms with van der Waals surface area (Å²) in [5.41, 5.74) is 0. The van der Waals surface area contributed by atoms with Crippen molar-refractivity contribution in [3.05, 3.63) is 0 Å². The standard InChI is InChI=1S/C5H10BrO/c1-5(7)3-2-4-6/h5H,2-4H2,1H3. The Morgan fingerprint density at radius 3 is 2.43 bits per heavy atom. The first-order valence-electron chi connectivity index (χ1n) is 2.49. The molecule has 0 aliphatic carbocycles. The van der Waals surface area contributed by atoms with Crippen molar-refractivity contribution in [3.8, 4) is 0 Å². The van der Waals surface area contributed by atoms with Gasteiger partial charge in [-0.15, -0.1) is 0 Å². The molecule has 1 radical (unpaired) electrons. The number of hydrogen-bond donors (Lipinski definition) is 0. The van der Waals surface area contributed by atoms with Crippen LogP contribution in [0.2, 0.25) is 0 Å². The fourth-order valence-electron chi connectivity index (χ4n) is 0.365. The molecule has 0 aliphatic heterocycles. The van der Waals surface area contributed by atoms with Gasteiger partial charge in [-0.3, -0.25) is 0 Å². The second-order valence-electron chi connectivity index (χ2n) is 1.64. The minimum absolute atomic E-state index is 0.377. The molecule has 7 heavy (non-hydrogen) atoms. The lowest BCUT2D eigenvalue weighted by Crippen LogP contribution is -1.95. The predicted molar refractivity (Wildman–Crippen MR) is 33.2 cm³/mol. The van der Waals surface area contributed by atoms with Crippen molar-refractivity contribution in [2.75, 3.05) is 5.33 Å². The van der Waals surface area contributed by atoms with Gasteiger partial charge in [0.15, 0.2) is 0 Å². The van der Waals surface area contributed by atoms with E-state index >= 15 is 0 Å². The van der Waals surface area contributed by atoms with Crippen LogP contribution in [0.4, 0.5) is 0 Å². The first-order valence-corrected chi connectivity index (χ1v) is 3.61. The summed E-state index contributed by atoms with van der Waals surface area (Å²) in [6.07, 6.45) is 1.42. The third-order valence-electron chi connectivity index (χ3n) is 0.744. The zero-order valence-electron chi connectivity index (χ0n) is 4.48. The minimum atomic E-state index is -0.377. The van der Waals surface area contributed by atoms with Crippen LogP contribution in [-0.4, -0.2) is 11.4 Å². The second-order valence-corrected chi connectivity index (χ2v) is 2.43. The van der Waals surface area contributed by atoms with Crippen LogP contribution < -0.4 is 0 Å². The molecule has 0 saturated carbocycles. The zero-order chi connectivity index (χ0) is 5.70. The number of rotatable bonds is 3. The molecule has 0 aromatic carbocycles. The van der Waals surface area contributed by atoms with Crippen LogP contribution in [0.1, 0.15) is 19.8 Å². The summed E-state index contributed by atoms with van der Waals surface area (Å²) >= 11 is 3.24. The van der Waals surface area contributed by atoms with Gasteiger partial charge >= 0.3 is 0 Å². The van der Waals surface area contributed by atoms with Crippen LogP contribution in [-0.2, 0) is 5.11 Å². The summed E-state index contributed by atoms with van der Waals surface area (Å²) in [5, 5.41) is 11.2. The molecule has 0 amide bonds. The lowest BCUT2D eigenvalue weighted by molar-refractivity contribution is 0.0974. The molecule has 1 unspecified atom stereocenters. The predicted octanol–water partition coefficient (Wildman–Crippen LogP) is 1.98. The Kier molecular flexibility index (Phi) is 4.88. The van der Waals surface area contributed by atoms with E-state index in [1.807, 2.05) is 0 Å². The van der Waals surface area contributed by atoms with Crippen molar-refractivity contribution in [2.24, 2.45) is 0 Å². The van der Waals surface area contributed by atoms with E-state index in [-0.39, 0.29) is 6.10 Å². The fourth-order valence-corrected chi connectivity index (χ4v) is 0.688. The van der Waals surface area contributed by atoms with Crippen molar-refractivity contribution >= 4 is 15.9 Å². The summed E-state index contributed by atoms with van der Waals surface area (Å²) in [6.45, 7) is 1.70. The Morgan fingerprint density at radius 2 is 2.29 bits per heavy atom. The summed E-state index contributed by atoms with van der Waals surface area (Å²) in [6, 6.07) is 0. The number of hydrogen-bond acceptors (Lipinski definition) is 0. The van der Waals surface area contributed by atoms with Gasteiger partial charge in [0.25, 0.3) is 0 Å². The normalized spacial score (nSPS) is 14.1. The molecule has 0 aromatic rings. The minimum Gasteiger partial charge on any atom is -0.233 e. The first-order chi connectivity index (χ1) is 3.27. The fraction of sp³-hybridized carbons (Fsp3) is 1.00. The van der Waals surface area contributed by atoms with Crippen LogP contribution in [0.15, 0.2) is 0 Å². The maximum Gasteiger partial charge on any atom is 0.0902 e. The monoisotopic (exact) mass is 165 g/mol. The Morgan fingerprint density at radius 1 is 1.71 bits per heavy atom. The average Bonchev–Trinajstić information content (AvgIpc) is 1.61. The molecule has 2 heteroatoms. The van der Waals surface area contributed by atoms with Crippen molar-refractivity contribution in [3.63, 3.8) is 0 Å². The molecular weight excluding hydrogens is 156 g/mol. The van der Waals surface area contributed by atoms with Crippen LogP contribution in [0.25, 0.3) is 0 Å². The van der Waals surface area contributed by atoms with Crippen LogP contribution in [0.5, 0.6) is 0 Å². The van der Waals surface area contributed by atoms with E-state index in [2.05, 4.69) is 15.9 Å². The SMILES string of the molecule is CC([O])CCCBr. The number of alkyl halides is 1. The van der Waals surface area contributed by atoms with E-state index in [0.717, 1.165) is 18.2 Å². The van der Waals surface area contributed by atoms with E-state index in [4.69, 9.17) is 0 Å². The highest BCUT2D eigenvalue weighted by Gasteiger charge is 1.93. The van der Waals surface area contributed by atoms with Crippen molar-refractivity contribution < 1.29 is 5.11 Å². The maximum atomic E-state index is 10.3. The molecule has 43 valence electrons. The lowest BCUT2D eigenvalue weighted by atomic mass is 10.2. The highest BCUT2D eigenvalue weighted by atomic mass is 79.9. The largest absolute Gasteiger partial charge is 0.233 e. The van der Waals surface area contributed by atoms with Crippen molar-refractivity contribution in [1.29, 1.82) is 0 Å². The van der Waals surface area contributed by atoms with E-state index in [9.17, 15) is 5.11 Å². The average molecular weight is 166 g/mol. The van der Waals surface area contributed by atoms with Gasteiger partial charge in [0.1, 0.15) is 0 Å². The van der Waals surface area contributed by atoms with Gasteiger partial charge in [-0.2, -0.15) is 0 Å². The van der Waals surface area contributed by atoms with E-state index in [1.54, 1.807) is 6.92 Å². The summed E-state index contributed by atoms with van der Waals surface area (Å²) < 4.78 is 0. The highest BCUT2D eigenvalue weighted by Crippen LogP contribution is 1.97. The molecule has 0 aromatic heterocycles. The number of halogens is 1. The summed E-state index contributed by atoms with van der Waals surface area (Å²) in [7, 11) is 0. The Bertz CT molecular complexity index is 37.1. The Hall–Kier alpha value is 0.440. The smallest absolute Gasteiger partial charge is 0.0902 e. The molecule has 0 bridgehead atoms. The molecule has 1 atom stereocenters. The topological polar surface area (TPSA) is 19.9 Å². The van der Waals surface area contributed by atoms with Crippen molar-refractivity contribution in [1.82, 2.24) is 0 Å². The zero-order valence-corrected chi connectivity index (χ0v) is 6.07. The Balaban J connectivity index is 2.68. The van der Waals surface area contributed by atoms with Crippen molar-refractivity contribution in [2.45, 2.75) is 25.9 Å². The van der Waals surface area contributed by atoms with E-state index in [1.165, 1.54) is 0 Å². The molecule has 0 spiro atoms. The molecule has 0 heterocycles. The van der Waals surface area contributed by atoms with Gasteiger partial charge in [-0.1, -0.05) is 15.9 Å². The molecule has 0 rings (SSSR count). The molecule has 0 aliphatic rings. The molecule has 0 N–H and O–H groups in total. The van der Waals surface area contributed by atoms with Gasteiger partial charge in [0.05, 0.1) is 6.10 Å². The molecule has 0 fully saturated rings. The van der Waals surface area contributed by atoms with Crippen LogP contribution >= 0.6 is 15.9 Å². The van der Waals surface area contributed by atoms with Gasteiger partial charge in [-0.25, -0.2) is 5.11 Å². The molecule has 1 nitrogen and oxygen atoms in total. The van der Waals surface area contributed by atoms with E-state index in [0.29, 0.717) is 0 Å². The van der Waals surface area contributed by atoms with Gasteiger partial charge in [0.2, 0.25) is 0 Å². The van der Waals surface area contributed by atoms with Gasteiger partial charge in [-0.05, 0) is 19.8 Å². The van der Waals surface area contributed by atoms with E-state index < -0.39 is 0 Å². The molecular formula is C5H10BrO. The second kappa shape index (κ2) is 4.60. The lowest BCUT2D eigenvalue weighted by Gasteiger charge is -1.94. The van der Waals surface area contributed by atoms with Crippen LogP contribution in [0.3, 0.4) is 0 Å². The summed E-state index contributed by atoms with van der Waals surface area (Å²) in [5.74, 6) is 0. The summed E-state index contributed by atoms with van der Waals surface area (Å²) in [4.78, 5) is 0. The third-order valence-corrected chi connectivity index (χ3v) is 1.31. The Labute approximate surface area is 52.9 Å². The highest BCUT2D eigenvalue weighted by molar-refractivity contribution is 9.09. The maximum absolute atomic E-state index is 10.3. The van der Waals surface area contributed by atoms with Gasteiger partial charge in [0, 0.05) is 5.33 Å². The van der Waals surface area contributed by atoms with Gasteiger partial charge < -0.3 is 0 Å². The van der Waals surface area contributed by atoms with Crippen LogP contribution in [0, 0.1) is 0 Å².